The van der Waals surface area contributed by atoms with E-state index in [1.807, 2.05) is 6.07 Å². The lowest BCUT2D eigenvalue weighted by molar-refractivity contribution is 0.284. The first kappa shape index (κ1) is 24.6. The molecule has 3 rings (SSSR count). The Labute approximate surface area is 181 Å². The molecule has 0 spiro atoms. The fourth-order valence-corrected chi connectivity index (χ4v) is 3.29. The molecule has 2 aromatic rings. The summed E-state index contributed by atoms with van der Waals surface area (Å²) in [6.45, 7) is 6.87. The maximum atomic E-state index is 5.96. The Bertz CT molecular complexity index is 689. The normalized spacial score (nSPS) is 13.9. The molecule has 0 aromatic heterocycles. The predicted molar refractivity (Wildman–Crippen MR) is 120 cm³/mol. The van der Waals surface area contributed by atoms with Gasteiger partial charge in [-0.25, -0.2) is 0 Å². The van der Waals surface area contributed by atoms with Crippen LogP contribution in [-0.2, 0) is 13.2 Å². The van der Waals surface area contributed by atoms with Gasteiger partial charge >= 0.3 is 0 Å². The molecule has 28 heavy (non-hydrogen) atoms. The summed E-state index contributed by atoms with van der Waals surface area (Å²) < 4.78 is 11.5. The smallest absolute Gasteiger partial charge is 0.161 e. The Kier molecular flexibility index (Phi) is 11.3. The second-order valence-electron chi connectivity index (χ2n) is 7.08. The maximum Gasteiger partial charge on any atom is 0.161 e. The van der Waals surface area contributed by atoms with E-state index in [1.54, 1.807) is 7.11 Å². The van der Waals surface area contributed by atoms with Crippen molar-refractivity contribution in [3.05, 3.63) is 59.2 Å². The lowest BCUT2D eigenvalue weighted by atomic mass is 9.98. The summed E-state index contributed by atoms with van der Waals surface area (Å²) in [6.07, 6.45) is 2.53. The zero-order valence-electron chi connectivity index (χ0n) is 16.7. The summed E-state index contributed by atoms with van der Waals surface area (Å²) in [5.74, 6) is 2.36. The van der Waals surface area contributed by atoms with Gasteiger partial charge in [0.05, 0.1) is 7.11 Å². The average molecular weight is 427 g/mol. The maximum absolute atomic E-state index is 5.96. The topological polar surface area (TPSA) is 42.5 Å². The molecule has 0 radical (unpaired) electrons. The van der Waals surface area contributed by atoms with E-state index in [2.05, 4.69) is 54.0 Å². The molecule has 0 saturated carbocycles. The first-order valence-corrected chi connectivity index (χ1v) is 9.51. The summed E-state index contributed by atoms with van der Waals surface area (Å²) in [5, 5.41) is 6.99. The van der Waals surface area contributed by atoms with Gasteiger partial charge < -0.3 is 20.1 Å². The second kappa shape index (κ2) is 12.9. The van der Waals surface area contributed by atoms with Gasteiger partial charge in [0.1, 0.15) is 6.61 Å². The second-order valence-corrected chi connectivity index (χ2v) is 7.08. The number of nitrogens with one attached hydrogen (secondary N) is 2. The predicted octanol–water partition coefficient (Wildman–Crippen LogP) is 4.52. The van der Waals surface area contributed by atoms with E-state index in [0.29, 0.717) is 6.61 Å². The molecule has 6 heteroatoms. The summed E-state index contributed by atoms with van der Waals surface area (Å²) in [4.78, 5) is 0. The quantitative estimate of drug-likeness (QED) is 0.651. The van der Waals surface area contributed by atoms with Crippen molar-refractivity contribution in [3.63, 3.8) is 0 Å². The first-order chi connectivity index (χ1) is 12.7. The zero-order chi connectivity index (χ0) is 18.2. The van der Waals surface area contributed by atoms with Crippen LogP contribution in [0.25, 0.3) is 0 Å². The van der Waals surface area contributed by atoms with Crippen molar-refractivity contribution in [3.8, 4) is 11.5 Å². The molecule has 2 N–H and O–H groups in total. The molecule has 1 fully saturated rings. The van der Waals surface area contributed by atoms with Crippen LogP contribution in [-0.4, -0.2) is 26.7 Å². The number of benzene rings is 2. The van der Waals surface area contributed by atoms with Gasteiger partial charge in [-0.15, -0.1) is 24.8 Å². The minimum Gasteiger partial charge on any atom is -0.493 e. The molecular weight excluding hydrogens is 395 g/mol. The van der Waals surface area contributed by atoms with E-state index < -0.39 is 0 Å². The van der Waals surface area contributed by atoms with E-state index in [-0.39, 0.29) is 24.8 Å². The van der Waals surface area contributed by atoms with Crippen LogP contribution in [0.4, 0.5) is 0 Å². The lowest BCUT2D eigenvalue weighted by Gasteiger charge is -2.23. The van der Waals surface area contributed by atoms with E-state index in [4.69, 9.17) is 9.47 Å². The van der Waals surface area contributed by atoms with Crippen molar-refractivity contribution >= 4 is 24.8 Å². The molecular formula is C22H32Cl2N2O2. The summed E-state index contributed by atoms with van der Waals surface area (Å²) in [7, 11) is 1.69. The highest BCUT2D eigenvalue weighted by Gasteiger charge is 2.12. The van der Waals surface area contributed by atoms with Crippen molar-refractivity contribution < 1.29 is 9.47 Å². The number of rotatable bonds is 8. The van der Waals surface area contributed by atoms with Crippen LogP contribution in [0.1, 0.15) is 29.5 Å². The summed E-state index contributed by atoms with van der Waals surface area (Å²) in [6, 6.07) is 14.6. The van der Waals surface area contributed by atoms with Crippen molar-refractivity contribution in [2.75, 3.05) is 26.7 Å². The van der Waals surface area contributed by atoms with Crippen LogP contribution in [0.15, 0.2) is 42.5 Å². The number of hydrogen-bond donors (Lipinski definition) is 2. The number of methoxy groups -OCH3 is 1. The third-order valence-electron chi connectivity index (χ3n) is 4.96. The Morgan fingerprint density at radius 2 is 1.64 bits per heavy atom. The van der Waals surface area contributed by atoms with E-state index in [9.17, 15) is 0 Å². The SMILES string of the molecule is COc1cc(CNCC2CCNCC2)ccc1OCc1ccc(C)cc1.Cl.Cl. The van der Waals surface area contributed by atoms with E-state index in [0.717, 1.165) is 49.2 Å². The molecule has 4 nitrogen and oxygen atoms in total. The Morgan fingerprint density at radius 1 is 0.964 bits per heavy atom. The molecule has 0 aliphatic carbocycles. The Hall–Kier alpha value is -1.46. The van der Waals surface area contributed by atoms with Gasteiger partial charge in [-0.05, 0) is 68.6 Å². The molecule has 156 valence electrons. The molecule has 1 aliphatic heterocycles. The van der Waals surface area contributed by atoms with Gasteiger partial charge in [0.2, 0.25) is 0 Å². The van der Waals surface area contributed by atoms with Crippen molar-refractivity contribution in [1.29, 1.82) is 0 Å². The van der Waals surface area contributed by atoms with Gasteiger partial charge in [-0.2, -0.15) is 0 Å². The highest BCUT2D eigenvalue weighted by Crippen LogP contribution is 2.29. The molecule has 1 saturated heterocycles. The molecule has 1 heterocycles. The van der Waals surface area contributed by atoms with Gasteiger partial charge in [0, 0.05) is 6.54 Å². The number of aryl methyl sites for hydroxylation is 1. The van der Waals surface area contributed by atoms with Crippen LogP contribution in [0.2, 0.25) is 0 Å². The lowest BCUT2D eigenvalue weighted by Crippen LogP contribution is -2.33. The van der Waals surface area contributed by atoms with E-state index in [1.165, 1.54) is 24.0 Å². The molecule has 0 bridgehead atoms. The number of piperidine rings is 1. The van der Waals surface area contributed by atoms with Crippen LogP contribution in [0.3, 0.4) is 0 Å². The van der Waals surface area contributed by atoms with Crippen LogP contribution >= 0.6 is 24.8 Å². The minimum atomic E-state index is 0. The summed E-state index contributed by atoms with van der Waals surface area (Å²) >= 11 is 0. The third-order valence-corrected chi connectivity index (χ3v) is 4.96. The van der Waals surface area contributed by atoms with Gasteiger partial charge in [0.15, 0.2) is 11.5 Å². The molecule has 2 aromatic carbocycles. The minimum absolute atomic E-state index is 0. The Balaban J connectivity index is 0.00000196. The zero-order valence-corrected chi connectivity index (χ0v) is 18.3. The first-order valence-electron chi connectivity index (χ1n) is 9.51. The third kappa shape index (κ3) is 7.51. The fourth-order valence-electron chi connectivity index (χ4n) is 3.29. The fraction of sp³-hybridized carbons (Fsp3) is 0.455. The number of hydrogen-bond acceptors (Lipinski definition) is 4. The van der Waals surface area contributed by atoms with Gasteiger partial charge in [-0.1, -0.05) is 35.9 Å². The summed E-state index contributed by atoms with van der Waals surface area (Å²) in [5.41, 5.74) is 3.64. The highest BCUT2D eigenvalue weighted by molar-refractivity contribution is 5.85. The number of halogens is 2. The van der Waals surface area contributed by atoms with Crippen LogP contribution in [0.5, 0.6) is 11.5 Å². The van der Waals surface area contributed by atoms with Gasteiger partial charge in [-0.3, -0.25) is 0 Å². The largest absolute Gasteiger partial charge is 0.493 e. The van der Waals surface area contributed by atoms with Crippen molar-refractivity contribution in [2.45, 2.75) is 32.9 Å². The van der Waals surface area contributed by atoms with Gasteiger partial charge in [0.25, 0.3) is 0 Å². The van der Waals surface area contributed by atoms with Crippen molar-refractivity contribution in [1.82, 2.24) is 10.6 Å². The van der Waals surface area contributed by atoms with E-state index >= 15 is 0 Å². The van der Waals surface area contributed by atoms with Crippen LogP contribution < -0.4 is 20.1 Å². The highest BCUT2D eigenvalue weighted by atomic mass is 35.5. The molecule has 0 atom stereocenters. The monoisotopic (exact) mass is 426 g/mol. The Morgan fingerprint density at radius 3 is 2.32 bits per heavy atom. The molecule has 0 amide bonds. The average Bonchev–Trinajstić information content (AvgIpc) is 2.69. The standard InChI is InChI=1S/C22H30N2O2.2ClH/c1-17-3-5-19(6-4-17)16-26-21-8-7-20(13-22(21)25-2)15-24-14-18-9-11-23-12-10-18;;/h3-8,13,18,23-24H,9-12,14-16H2,1-2H3;2*1H. The van der Waals surface area contributed by atoms with Crippen molar-refractivity contribution in [2.24, 2.45) is 5.92 Å². The van der Waals surface area contributed by atoms with Crippen LogP contribution in [0, 0.1) is 12.8 Å². The number of ether oxygens (including phenoxy) is 2. The molecule has 1 aliphatic rings. The molecule has 0 unspecified atom stereocenters.